The van der Waals surface area contributed by atoms with Gasteiger partial charge in [-0.15, -0.1) is 0 Å². The molecule has 1 aromatic rings. The van der Waals surface area contributed by atoms with E-state index in [1.54, 1.807) is 12.1 Å². The van der Waals surface area contributed by atoms with Gasteiger partial charge in [0.1, 0.15) is 5.84 Å². The van der Waals surface area contributed by atoms with Crippen LogP contribution in [0, 0.1) is 0 Å². The molecule has 0 saturated carbocycles. The zero-order chi connectivity index (χ0) is 14.3. The van der Waals surface area contributed by atoms with Crippen LogP contribution in [-0.2, 0) is 0 Å². The van der Waals surface area contributed by atoms with Gasteiger partial charge in [-0.25, -0.2) is 4.79 Å². The average molecular weight is 298 g/mol. The zero-order valence-electron chi connectivity index (χ0n) is 11.3. The Morgan fingerprint density at radius 1 is 1.26 bits per heavy atom. The Bertz CT molecular complexity index is 460. The van der Waals surface area contributed by atoms with E-state index in [1.165, 1.54) is 21.8 Å². The fraction of sp³-hybridized carbons (Fsp3) is 0.385. The molecular weight excluding hydrogens is 280 g/mol. The maximum Gasteiger partial charge on any atom is 0.336 e. The molecule has 0 aliphatic rings. The lowest BCUT2D eigenvalue weighted by Gasteiger charge is -2.23. The number of benzene rings is 1. The average Bonchev–Trinajstić information content (AvgIpc) is 2.43. The number of hydrogen-bond acceptors (Lipinski definition) is 4. The van der Waals surface area contributed by atoms with Gasteiger partial charge in [-0.05, 0) is 26.2 Å². The van der Waals surface area contributed by atoms with Gasteiger partial charge in [0.15, 0.2) is 0 Å². The van der Waals surface area contributed by atoms with Gasteiger partial charge in [0.05, 0.1) is 5.56 Å². The van der Waals surface area contributed by atoms with Crippen LogP contribution in [0.1, 0.15) is 29.8 Å². The van der Waals surface area contributed by atoms with Gasteiger partial charge >= 0.3 is 5.97 Å². The van der Waals surface area contributed by atoms with Gasteiger partial charge in [0, 0.05) is 29.6 Å². The van der Waals surface area contributed by atoms with Gasteiger partial charge in [-0.3, -0.25) is 0 Å². The highest BCUT2D eigenvalue weighted by molar-refractivity contribution is 8.76. The van der Waals surface area contributed by atoms with Crippen molar-refractivity contribution in [3.05, 3.63) is 35.4 Å². The van der Waals surface area contributed by atoms with Crippen molar-refractivity contribution in [1.29, 1.82) is 0 Å². The Labute approximate surface area is 121 Å². The Morgan fingerprint density at radius 3 is 2.32 bits per heavy atom. The van der Waals surface area contributed by atoms with E-state index in [9.17, 15) is 9.90 Å². The minimum atomic E-state index is -0.926. The Hall–Kier alpha value is -1.14. The van der Waals surface area contributed by atoms with E-state index in [1.807, 2.05) is 32.2 Å². The van der Waals surface area contributed by atoms with Crippen LogP contribution in [0.25, 0.3) is 0 Å². The molecule has 0 amide bonds. The van der Waals surface area contributed by atoms with Crippen molar-refractivity contribution < 1.29 is 9.90 Å². The molecule has 0 aliphatic carbocycles. The van der Waals surface area contributed by atoms with Crippen LogP contribution in [0.5, 0.6) is 0 Å². The molecule has 0 unspecified atom stereocenters. The third kappa shape index (κ3) is 4.18. The molecule has 1 aromatic carbocycles. The summed E-state index contributed by atoms with van der Waals surface area (Å²) in [7, 11) is 2.89. The van der Waals surface area contributed by atoms with Gasteiger partial charge < -0.3 is 10.0 Å². The molecule has 4 nitrogen and oxygen atoms in total. The lowest BCUT2D eigenvalue weighted by molar-refractivity contribution is 0.0696. The van der Waals surface area contributed by atoms with Crippen LogP contribution in [0.2, 0.25) is 0 Å². The Morgan fingerprint density at radius 2 is 1.84 bits per heavy atom. The highest BCUT2D eigenvalue weighted by Gasteiger charge is 2.18. The first-order valence-electron chi connectivity index (χ1n) is 6.01. The Kier molecular flexibility index (Phi) is 6.80. The van der Waals surface area contributed by atoms with Crippen molar-refractivity contribution >= 4 is 33.6 Å². The van der Waals surface area contributed by atoms with Gasteiger partial charge in [0.2, 0.25) is 0 Å². The van der Waals surface area contributed by atoms with Crippen LogP contribution in [-0.4, -0.2) is 41.2 Å². The van der Waals surface area contributed by atoms with E-state index in [-0.39, 0.29) is 5.56 Å². The summed E-state index contributed by atoms with van der Waals surface area (Å²) in [5.41, 5.74) is 0.954. The van der Waals surface area contributed by atoms with Crippen LogP contribution in [0.4, 0.5) is 0 Å². The smallest absolute Gasteiger partial charge is 0.336 e. The number of aromatic carboxylic acids is 1. The van der Waals surface area contributed by atoms with E-state index in [4.69, 9.17) is 0 Å². The summed E-state index contributed by atoms with van der Waals surface area (Å²) < 4.78 is 4.46. The number of amidine groups is 1. The van der Waals surface area contributed by atoms with E-state index in [2.05, 4.69) is 9.30 Å². The normalized spacial score (nSPS) is 11.4. The summed E-state index contributed by atoms with van der Waals surface area (Å²) in [5, 5.41) is 9.28. The quantitative estimate of drug-likeness (QED) is 0.377. The van der Waals surface area contributed by atoms with Gasteiger partial charge in [0.25, 0.3) is 0 Å². The first kappa shape index (κ1) is 15.9. The van der Waals surface area contributed by atoms with Gasteiger partial charge in [-0.1, -0.05) is 29.0 Å². The second-order valence-electron chi connectivity index (χ2n) is 3.68. The molecule has 0 spiro atoms. The lowest BCUT2D eigenvalue weighted by Crippen LogP contribution is -2.32. The molecule has 0 aromatic heterocycles. The Balaban J connectivity index is 3.28. The second kappa shape index (κ2) is 8.12. The highest BCUT2D eigenvalue weighted by Crippen LogP contribution is 2.22. The van der Waals surface area contributed by atoms with E-state index >= 15 is 0 Å². The highest BCUT2D eigenvalue weighted by atomic mass is 33.1. The second-order valence-corrected chi connectivity index (χ2v) is 5.79. The lowest BCUT2D eigenvalue weighted by atomic mass is 10.1. The molecule has 1 rings (SSSR count). The summed E-state index contributed by atoms with van der Waals surface area (Å²) in [6.07, 6.45) is 1.94. The molecule has 0 atom stereocenters. The largest absolute Gasteiger partial charge is 0.478 e. The molecule has 0 aliphatic heterocycles. The first-order chi connectivity index (χ1) is 9.15. The monoisotopic (exact) mass is 298 g/mol. The third-order valence-corrected chi connectivity index (χ3v) is 3.73. The minimum Gasteiger partial charge on any atom is -0.478 e. The molecule has 0 heterocycles. The SMILES string of the molecule is CCN(CC)/C(=N/SSC)c1ccccc1C(=O)O. The molecule has 19 heavy (non-hydrogen) atoms. The van der Waals surface area contributed by atoms with E-state index < -0.39 is 5.97 Å². The molecule has 0 fully saturated rings. The molecule has 0 radical (unpaired) electrons. The van der Waals surface area contributed by atoms with Crippen molar-refractivity contribution in [1.82, 2.24) is 4.90 Å². The standard InChI is InChI=1S/C13H18N2O2S2/c1-4-15(5-2)12(14-19-18-3)10-8-6-7-9-11(10)13(16)17/h6-9H,4-5H2,1-3H3,(H,16,17)/b14-12+. The topological polar surface area (TPSA) is 52.9 Å². The summed E-state index contributed by atoms with van der Waals surface area (Å²) in [6.45, 7) is 5.65. The minimum absolute atomic E-state index is 0.287. The van der Waals surface area contributed by atoms with Crippen molar-refractivity contribution in [2.75, 3.05) is 19.3 Å². The van der Waals surface area contributed by atoms with Crippen molar-refractivity contribution in [3.63, 3.8) is 0 Å². The van der Waals surface area contributed by atoms with Crippen LogP contribution in [0.15, 0.2) is 28.7 Å². The predicted octanol–water partition coefficient (Wildman–Crippen LogP) is 3.40. The number of nitrogens with zero attached hydrogens (tertiary/aromatic N) is 2. The van der Waals surface area contributed by atoms with Crippen LogP contribution < -0.4 is 0 Å². The van der Waals surface area contributed by atoms with E-state index in [0.717, 1.165) is 18.9 Å². The molecule has 104 valence electrons. The summed E-state index contributed by atoms with van der Waals surface area (Å²) >= 11 is 0. The molecular formula is C13H18N2O2S2. The van der Waals surface area contributed by atoms with Crippen molar-refractivity contribution in [2.24, 2.45) is 4.40 Å². The maximum absolute atomic E-state index is 11.3. The first-order valence-corrected chi connectivity index (χ1v) is 8.52. The number of hydrogen-bond donors (Lipinski definition) is 1. The van der Waals surface area contributed by atoms with Gasteiger partial charge in [-0.2, -0.15) is 4.40 Å². The number of rotatable bonds is 6. The summed E-state index contributed by atoms with van der Waals surface area (Å²) in [6, 6.07) is 6.99. The van der Waals surface area contributed by atoms with E-state index in [0.29, 0.717) is 5.56 Å². The molecule has 6 heteroatoms. The summed E-state index contributed by atoms with van der Waals surface area (Å²) in [4.78, 5) is 13.4. The number of carboxylic acids is 1. The van der Waals surface area contributed by atoms with Crippen molar-refractivity contribution in [2.45, 2.75) is 13.8 Å². The maximum atomic E-state index is 11.3. The fourth-order valence-corrected chi connectivity index (χ4v) is 2.53. The number of carbonyl (C=O) groups is 1. The van der Waals surface area contributed by atoms with Crippen molar-refractivity contribution in [3.8, 4) is 0 Å². The zero-order valence-corrected chi connectivity index (χ0v) is 12.9. The molecule has 0 bridgehead atoms. The summed E-state index contributed by atoms with van der Waals surface area (Å²) in [5.74, 6) is -0.202. The predicted molar refractivity (Wildman–Crippen MR) is 84.0 cm³/mol. The number of carboxylic acid groups (broad SMARTS) is 1. The van der Waals surface area contributed by atoms with Crippen LogP contribution in [0.3, 0.4) is 0 Å². The molecule has 0 saturated heterocycles. The molecule has 1 N–H and O–H groups in total. The fourth-order valence-electron chi connectivity index (χ4n) is 1.74. The van der Waals surface area contributed by atoms with Crippen LogP contribution >= 0.6 is 21.8 Å². The third-order valence-electron chi connectivity index (χ3n) is 2.66.